The SMILES string of the molecule is Cc1ccc2c3c(ccc(C)c13)-c1c-2c(-c2ccc(C(C)(C)C)cc2)c2ccccc2c1-c1ccc(C(C)(C)C)cc1. The van der Waals surface area contributed by atoms with Gasteiger partial charge in [-0.05, 0) is 113 Å². The molecule has 0 heterocycles. The highest BCUT2D eigenvalue weighted by molar-refractivity contribution is 6.28. The Morgan fingerprint density at radius 3 is 1.12 bits per heavy atom. The molecule has 6 aromatic carbocycles. The maximum absolute atomic E-state index is 2.38. The number of rotatable bonds is 2. The monoisotopic (exact) mass is 544 g/mol. The lowest BCUT2D eigenvalue weighted by atomic mass is 9.80. The smallest absolute Gasteiger partial charge is 0.000741 e. The number of fused-ring (bicyclic) bond motifs is 4. The van der Waals surface area contributed by atoms with E-state index in [1.54, 1.807) is 0 Å². The topological polar surface area (TPSA) is 0 Å². The maximum Gasteiger partial charge on any atom is -0.000741 e. The van der Waals surface area contributed by atoms with Crippen LogP contribution < -0.4 is 0 Å². The molecule has 0 unspecified atom stereocenters. The van der Waals surface area contributed by atoms with E-state index in [9.17, 15) is 0 Å². The molecule has 0 bridgehead atoms. The number of benzene rings is 6. The fourth-order valence-corrected chi connectivity index (χ4v) is 7.14. The van der Waals surface area contributed by atoms with E-state index < -0.39 is 0 Å². The molecule has 1 aliphatic carbocycles. The second-order valence-corrected chi connectivity index (χ2v) is 14.3. The predicted molar refractivity (Wildman–Crippen MR) is 184 cm³/mol. The molecular formula is C42H40. The normalized spacial score (nSPS) is 12.8. The van der Waals surface area contributed by atoms with Gasteiger partial charge in [-0.3, -0.25) is 0 Å². The summed E-state index contributed by atoms with van der Waals surface area (Å²) in [6.45, 7) is 18.2. The Morgan fingerprint density at radius 1 is 0.381 bits per heavy atom. The van der Waals surface area contributed by atoms with E-state index in [2.05, 4.69) is 152 Å². The van der Waals surface area contributed by atoms with Crippen LogP contribution in [-0.4, -0.2) is 0 Å². The van der Waals surface area contributed by atoms with Crippen LogP contribution in [0.3, 0.4) is 0 Å². The average Bonchev–Trinajstić information content (AvgIpc) is 3.28. The van der Waals surface area contributed by atoms with Crippen molar-refractivity contribution in [3.63, 3.8) is 0 Å². The van der Waals surface area contributed by atoms with Gasteiger partial charge in [0.1, 0.15) is 0 Å². The van der Waals surface area contributed by atoms with Gasteiger partial charge in [0.15, 0.2) is 0 Å². The third kappa shape index (κ3) is 3.96. The Bertz CT molecular complexity index is 1880. The van der Waals surface area contributed by atoms with Gasteiger partial charge in [0.05, 0.1) is 0 Å². The van der Waals surface area contributed by atoms with Crippen molar-refractivity contribution in [3.8, 4) is 44.5 Å². The van der Waals surface area contributed by atoms with Crippen LogP contribution in [0.15, 0.2) is 97.1 Å². The highest BCUT2D eigenvalue weighted by atomic mass is 14.3. The first-order valence-corrected chi connectivity index (χ1v) is 15.3. The summed E-state index contributed by atoms with van der Waals surface area (Å²) in [6, 6.07) is 37.1. The van der Waals surface area contributed by atoms with Gasteiger partial charge in [-0.2, -0.15) is 0 Å². The Morgan fingerprint density at radius 2 is 0.762 bits per heavy atom. The van der Waals surface area contributed by atoms with Crippen LogP contribution in [0.5, 0.6) is 0 Å². The van der Waals surface area contributed by atoms with E-state index in [-0.39, 0.29) is 10.8 Å². The second kappa shape index (κ2) is 9.17. The van der Waals surface area contributed by atoms with Crippen LogP contribution in [0.4, 0.5) is 0 Å². The summed E-state index contributed by atoms with van der Waals surface area (Å²) in [5.41, 5.74) is 16.3. The number of aryl methyl sites for hydroxylation is 2. The van der Waals surface area contributed by atoms with Crippen molar-refractivity contribution in [3.05, 3.63) is 119 Å². The van der Waals surface area contributed by atoms with Gasteiger partial charge < -0.3 is 0 Å². The first-order chi connectivity index (χ1) is 19.9. The summed E-state index contributed by atoms with van der Waals surface area (Å²) in [4.78, 5) is 0. The highest BCUT2D eigenvalue weighted by Gasteiger charge is 2.31. The van der Waals surface area contributed by atoms with Crippen molar-refractivity contribution in [2.24, 2.45) is 0 Å². The zero-order valence-electron chi connectivity index (χ0n) is 26.2. The molecule has 0 N–H and O–H groups in total. The summed E-state index contributed by atoms with van der Waals surface area (Å²) < 4.78 is 0. The third-order valence-corrected chi connectivity index (χ3v) is 9.41. The molecule has 0 saturated carbocycles. The minimum absolute atomic E-state index is 0.114. The molecule has 0 amide bonds. The second-order valence-electron chi connectivity index (χ2n) is 14.3. The van der Waals surface area contributed by atoms with Crippen molar-refractivity contribution >= 4 is 21.5 Å². The summed E-state index contributed by atoms with van der Waals surface area (Å²) >= 11 is 0. The molecule has 0 atom stereocenters. The summed E-state index contributed by atoms with van der Waals surface area (Å²) in [5.74, 6) is 0. The van der Waals surface area contributed by atoms with E-state index in [0.717, 1.165) is 0 Å². The van der Waals surface area contributed by atoms with Crippen LogP contribution in [-0.2, 0) is 10.8 Å². The predicted octanol–water partition coefficient (Wildman–Crippen LogP) is 12.2. The third-order valence-electron chi connectivity index (χ3n) is 9.41. The zero-order valence-corrected chi connectivity index (χ0v) is 26.2. The molecular weight excluding hydrogens is 504 g/mol. The molecule has 0 fully saturated rings. The van der Waals surface area contributed by atoms with Gasteiger partial charge in [0.25, 0.3) is 0 Å². The molecule has 0 heteroatoms. The minimum Gasteiger partial charge on any atom is -0.0616 e. The Balaban J connectivity index is 1.64. The van der Waals surface area contributed by atoms with E-state index >= 15 is 0 Å². The fraction of sp³-hybridized carbons (Fsp3) is 0.238. The van der Waals surface area contributed by atoms with Crippen LogP contribution in [0.2, 0.25) is 0 Å². The molecule has 6 aromatic rings. The maximum atomic E-state index is 2.38. The average molecular weight is 545 g/mol. The van der Waals surface area contributed by atoms with Crippen LogP contribution in [0.25, 0.3) is 66.1 Å². The Hall–Kier alpha value is -4.16. The first-order valence-electron chi connectivity index (χ1n) is 15.3. The molecule has 42 heavy (non-hydrogen) atoms. The summed E-state index contributed by atoms with van der Waals surface area (Å²) in [7, 11) is 0. The summed E-state index contributed by atoms with van der Waals surface area (Å²) in [6.07, 6.45) is 0. The van der Waals surface area contributed by atoms with Gasteiger partial charge in [0.2, 0.25) is 0 Å². The summed E-state index contributed by atoms with van der Waals surface area (Å²) in [5, 5.41) is 5.43. The van der Waals surface area contributed by atoms with Gasteiger partial charge in [0, 0.05) is 0 Å². The lowest BCUT2D eigenvalue weighted by Crippen LogP contribution is -2.10. The highest BCUT2D eigenvalue weighted by Crippen LogP contribution is 2.58. The number of hydrogen-bond acceptors (Lipinski definition) is 0. The molecule has 1 aliphatic rings. The lowest BCUT2D eigenvalue weighted by Gasteiger charge is -2.23. The quantitative estimate of drug-likeness (QED) is 0.203. The van der Waals surface area contributed by atoms with Gasteiger partial charge in [-0.1, -0.05) is 139 Å². The Kier molecular flexibility index (Phi) is 5.83. The fourth-order valence-electron chi connectivity index (χ4n) is 7.14. The van der Waals surface area contributed by atoms with E-state index in [1.807, 2.05) is 0 Å². The van der Waals surface area contributed by atoms with Gasteiger partial charge in [-0.15, -0.1) is 0 Å². The van der Waals surface area contributed by atoms with E-state index in [0.29, 0.717) is 0 Å². The first kappa shape index (κ1) is 26.7. The minimum atomic E-state index is 0.114. The molecule has 0 radical (unpaired) electrons. The van der Waals surface area contributed by atoms with E-state index in [1.165, 1.54) is 88.3 Å². The van der Waals surface area contributed by atoms with Crippen molar-refractivity contribution in [1.29, 1.82) is 0 Å². The Labute approximate surface area is 251 Å². The standard InChI is InChI=1S/C42H40/c1-25-13-23-33-38-34(24-14-26(2)35(25)38)40-37(28-17-21-30(22-18-28)42(6,7)8)32-12-10-9-11-31(32)36(39(33)40)27-15-19-29(20-16-27)41(3,4)5/h9-24H,1-8H3. The van der Waals surface area contributed by atoms with Crippen molar-refractivity contribution in [2.75, 3.05) is 0 Å². The molecule has 0 nitrogen and oxygen atoms in total. The van der Waals surface area contributed by atoms with Crippen molar-refractivity contribution < 1.29 is 0 Å². The lowest BCUT2D eigenvalue weighted by molar-refractivity contribution is 0.590. The molecule has 0 aromatic heterocycles. The largest absolute Gasteiger partial charge is 0.0616 e. The van der Waals surface area contributed by atoms with E-state index in [4.69, 9.17) is 0 Å². The molecule has 0 spiro atoms. The van der Waals surface area contributed by atoms with Crippen LogP contribution in [0, 0.1) is 13.8 Å². The molecule has 208 valence electrons. The van der Waals surface area contributed by atoms with Crippen LogP contribution >= 0.6 is 0 Å². The van der Waals surface area contributed by atoms with Gasteiger partial charge in [-0.25, -0.2) is 0 Å². The van der Waals surface area contributed by atoms with Crippen molar-refractivity contribution in [1.82, 2.24) is 0 Å². The molecule has 7 rings (SSSR count). The molecule has 0 aliphatic heterocycles. The van der Waals surface area contributed by atoms with Gasteiger partial charge >= 0.3 is 0 Å². The molecule has 0 saturated heterocycles. The van der Waals surface area contributed by atoms with Crippen LogP contribution in [0.1, 0.15) is 63.8 Å². The number of hydrogen-bond donors (Lipinski definition) is 0. The van der Waals surface area contributed by atoms with Crippen molar-refractivity contribution in [2.45, 2.75) is 66.2 Å². The zero-order chi connectivity index (χ0) is 29.6.